The van der Waals surface area contributed by atoms with Crippen molar-refractivity contribution in [3.8, 4) is 0 Å². The number of hydrogen-bond donors (Lipinski definition) is 1. The molecule has 1 unspecified atom stereocenters. The molecule has 2 aliphatic heterocycles. The van der Waals surface area contributed by atoms with Gasteiger partial charge in [0.15, 0.2) is 0 Å². The molecule has 3 heteroatoms. The molecule has 0 aromatic heterocycles. The molecule has 1 aromatic carbocycles. The summed E-state index contributed by atoms with van der Waals surface area (Å²) in [5, 5.41) is 3.50. The average Bonchev–Trinajstić information content (AvgIpc) is 3.12. The van der Waals surface area contributed by atoms with Crippen molar-refractivity contribution < 1.29 is 4.74 Å². The van der Waals surface area contributed by atoms with E-state index in [4.69, 9.17) is 4.74 Å². The molecule has 0 radical (unpaired) electrons. The number of aliphatic imine (C=N–C) groups is 1. The van der Waals surface area contributed by atoms with Crippen LogP contribution in [0.15, 0.2) is 88.9 Å². The SMILES string of the molecule is CCOC(=C\C=C\C1=NC=C(C)C1(C)C)/C=C/C=C1/Nc2ccccc2C1C. The summed E-state index contributed by atoms with van der Waals surface area (Å²) >= 11 is 0. The van der Waals surface area contributed by atoms with Crippen LogP contribution in [0.5, 0.6) is 0 Å². The Kier molecular flexibility index (Phi) is 6.03. The maximum atomic E-state index is 5.75. The Bertz CT molecular complexity index is 910. The van der Waals surface area contributed by atoms with Gasteiger partial charge in [-0.2, -0.15) is 0 Å². The quantitative estimate of drug-likeness (QED) is 0.454. The van der Waals surface area contributed by atoms with Gasteiger partial charge in [0.25, 0.3) is 0 Å². The van der Waals surface area contributed by atoms with E-state index in [1.807, 2.05) is 37.4 Å². The minimum Gasteiger partial charge on any atom is -0.494 e. The maximum absolute atomic E-state index is 5.75. The summed E-state index contributed by atoms with van der Waals surface area (Å²) in [4.78, 5) is 4.52. The second kappa shape index (κ2) is 8.47. The molecule has 1 aromatic rings. The number of anilines is 1. The highest BCUT2D eigenvalue weighted by Crippen LogP contribution is 2.37. The van der Waals surface area contributed by atoms with Crippen LogP contribution in [0, 0.1) is 5.41 Å². The Labute approximate surface area is 168 Å². The molecule has 3 nitrogen and oxygen atoms in total. The summed E-state index contributed by atoms with van der Waals surface area (Å²) < 4.78 is 5.75. The largest absolute Gasteiger partial charge is 0.494 e. The first-order chi connectivity index (χ1) is 13.4. The minimum atomic E-state index is -0.00430. The van der Waals surface area contributed by atoms with E-state index in [1.165, 1.54) is 22.5 Å². The number of para-hydroxylation sites is 1. The summed E-state index contributed by atoms with van der Waals surface area (Å²) in [6, 6.07) is 8.45. The molecule has 28 heavy (non-hydrogen) atoms. The fourth-order valence-corrected chi connectivity index (χ4v) is 3.35. The Balaban J connectivity index is 1.68. The van der Waals surface area contributed by atoms with Crippen LogP contribution in [0.1, 0.15) is 46.1 Å². The van der Waals surface area contributed by atoms with Crippen LogP contribution in [-0.2, 0) is 4.74 Å². The molecular formula is C25H30N2O. The van der Waals surface area contributed by atoms with Gasteiger partial charge < -0.3 is 10.1 Å². The minimum absolute atomic E-state index is 0.00430. The highest BCUT2D eigenvalue weighted by atomic mass is 16.5. The molecule has 0 saturated heterocycles. The summed E-state index contributed by atoms with van der Waals surface area (Å²) in [5.74, 6) is 1.21. The molecule has 1 atom stereocenters. The first-order valence-electron chi connectivity index (χ1n) is 9.94. The van der Waals surface area contributed by atoms with E-state index in [-0.39, 0.29) is 5.41 Å². The van der Waals surface area contributed by atoms with Crippen LogP contribution in [0.3, 0.4) is 0 Å². The molecule has 146 valence electrons. The molecule has 0 bridgehead atoms. The van der Waals surface area contributed by atoms with Gasteiger partial charge >= 0.3 is 0 Å². The van der Waals surface area contributed by atoms with Crippen molar-refractivity contribution in [3.05, 3.63) is 89.5 Å². The molecule has 2 aliphatic rings. The maximum Gasteiger partial charge on any atom is 0.119 e. The predicted molar refractivity (Wildman–Crippen MR) is 120 cm³/mol. The highest BCUT2D eigenvalue weighted by molar-refractivity contribution is 6.03. The Morgan fingerprint density at radius 3 is 2.71 bits per heavy atom. The summed E-state index contributed by atoms with van der Waals surface area (Å²) in [5.41, 5.74) is 6.09. The second-order valence-corrected chi connectivity index (χ2v) is 7.73. The van der Waals surface area contributed by atoms with Crippen molar-refractivity contribution in [3.63, 3.8) is 0 Å². The number of fused-ring (bicyclic) bond motifs is 1. The van der Waals surface area contributed by atoms with Crippen molar-refractivity contribution in [1.82, 2.24) is 0 Å². The van der Waals surface area contributed by atoms with E-state index in [1.54, 1.807) is 0 Å². The van der Waals surface area contributed by atoms with Crippen molar-refractivity contribution in [2.45, 2.75) is 40.5 Å². The van der Waals surface area contributed by atoms with Gasteiger partial charge in [-0.05, 0) is 55.4 Å². The number of nitrogens with one attached hydrogen (secondary N) is 1. The van der Waals surface area contributed by atoms with Crippen LogP contribution < -0.4 is 5.32 Å². The van der Waals surface area contributed by atoms with Gasteiger partial charge in [-0.1, -0.05) is 51.1 Å². The molecule has 2 heterocycles. The van der Waals surface area contributed by atoms with Gasteiger partial charge in [-0.3, -0.25) is 4.99 Å². The lowest BCUT2D eigenvalue weighted by atomic mass is 9.82. The van der Waals surface area contributed by atoms with Gasteiger partial charge in [-0.15, -0.1) is 0 Å². The van der Waals surface area contributed by atoms with Gasteiger partial charge in [0.2, 0.25) is 0 Å². The number of hydrogen-bond acceptors (Lipinski definition) is 3. The zero-order chi connectivity index (χ0) is 20.1. The van der Waals surface area contributed by atoms with Crippen LogP contribution in [0.2, 0.25) is 0 Å². The zero-order valence-corrected chi connectivity index (χ0v) is 17.5. The van der Waals surface area contributed by atoms with E-state index in [0.29, 0.717) is 12.5 Å². The van der Waals surface area contributed by atoms with Crippen molar-refractivity contribution in [1.29, 1.82) is 0 Å². The zero-order valence-electron chi connectivity index (χ0n) is 17.5. The molecular weight excluding hydrogens is 344 g/mol. The fourth-order valence-electron chi connectivity index (χ4n) is 3.35. The van der Waals surface area contributed by atoms with Crippen LogP contribution in [0.4, 0.5) is 5.69 Å². The van der Waals surface area contributed by atoms with E-state index < -0.39 is 0 Å². The number of nitrogens with zero attached hydrogens (tertiary/aromatic N) is 1. The lowest BCUT2D eigenvalue weighted by Crippen LogP contribution is -2.20. The third kappa shape index (κ3) is 4.19. The standard InChI is InChI=1S/C25H30N2O/c1-6-28-20(12-10-16-24-25(4,5)18(2)17-26-24)11-9-15-22-19(3)21-13-7-8-14-23(21)27-22/h7-17,19,27H,6H2,1-5H3/b11-9+,16-10+,20-12-,22-15+. The van der Waals surface area contributed by atoms with Crippen LogP contribution in [0.25, 0.3) is 0 Å². The Hall–Kier alpha value is -2.81. The Morgan fingerprint density at radius 2 is 2.04 bits per heavy atom. The third-order valence-electron chi connectivity index (χ3n) is 5.56. The molecule has 0 amide bonds. The average molecular weight is 375 g/mol. The molecule has 0 saturated carbocycles. The molecule has 3 rings (SSSR count). The highest BCUT2D eigenvalue weighted by Gasteiger charge is 2.28. The van der Waals surface area contributed by atoms with Gasteiger partial charge in [0, 0.05) is 28.9 Å². The summed E-state index contributed by atoms with van der Waals surface area (Å²) in [7, 11) is 0. The first kappa shape index (κ1) is 19.9. The Morgan fingerprint density at radius 1 is 1.25 bits per heavy atom. The van der Waals surface area contributed by atoms with E-state index in [0.717, 1.165) is 11.5 Å². The smallest absolute Gasteiger partial charge is 0.119 e. The predicted octanol–water partition coefficient (Wildman–Crippen LogP) is 6.52. The fraction of sp³-hybridized carbons (Fsp3) is 0.320. The monoisotopic (exact) mass is 374 g/mol. The van der Waals surface area contributed by atoms with Gasteiger partial charge in [0.1, 0.15) is 5.76 Å². The number of benzene rings is 1. The van der Waals surface area contributed by atoms with Crippen molar-refractivity contribution >= 4 is 11.4 Å². The van der Waals surface area contributed by atoms with E-state index in [9.17, 15) is 0 Å². The summed E-state index contributed by atoms with van der Waals surface area (Å²) in [6.45, 7) is 11.4. The second-order valence-electron chi connectivity index (χ2n) is 7.73. The summed E-state index contributed by atoms with van der Waals surface area (Å²) in [6.07, 6.45) is 14.2. The van der Waals surface area contributed by atoms with E-state index in [2.05, 4.69) is 74.4 Å². The number of ether oxygens (including phenoxy) is 1. The number of allylic oxidation sites excluding steroid dienone is 8. The number of rotatable bonds is 6. The normalized spacial score (nSPS) is 22.5. The van der Waals surface area contributed by atoms with Gasteiger partial charge in [0.05, 0.1) is 12.3 Å². The van der Waals surface area contributed by atoms with E-state index >= 15 is 0 Å². The molecule has 0 aliphatic carbocycles. The van der Waals surface area contributed by atoms with Crippen molar-refractivity contribution in [2.75, 3.05) is 11.9 Å². The third-order valence-corrected chi connectivity index (χ3v) is 5.56. The molecule has 0 spiro atoms. The molecule has 0 fully saturated rings. The molecule has 1 N–H and O–H groups in total. The van der Waals surface area contributed by atoms with Gasteiger partial charge in [-0.25, -0.2) is 0 Å². The lowest BCUT2D eigenvalue weighted by molar-refractivity contribution is 0.242. The topological polar surface area (TPSA) is 33.6 Å². The van der Waals surface area contributed by atoms with Crippen LogP contribution in [-0.4, -0.2) is 12.3 Å². The first-order valence-corrected chi connectivity index (χ1v) is 9.94. The van der Waals surface area contributed by atoms with Crippen molar-refractivity contribution in [2.24, 2.45) is 10.4 Å². The van der Waals surface area contributed by atoms with Crippen LogP contribution >= 0.6 is 0 Å². The lowest BCUT2D eigenvalue weighted by Gasteiger charge is -2.20.